The van der Waals surface area contributed by atoms with E-state index >= 15 is 0 Å². The van der Waals surface area contributed by atoms with Gasteiger partial charge in [-0.3, -0.25) is 0 Å². The highest BCUT2D eigenvalue weighted by atomic mass is 16.5. The molecule has 0 aliphatic rings. The molecule has 0 aromatic carbocycles. The Morgan fingerprint density at radius 1 is 1.22 bits per heavy atom. The highest BCUT2D eigenvalue weighted by Gasteiger charge is 2.34. The highest BCUT2D eigenvalue weighted by Crippen LogP contribution is 2.23. The summed E-state index contributed by atoms with van der Waals surface area (Å²) in [5.41, 5.74) is -1.24. The van der Waals surface area contributed by atoms with Crippen molar-refractivity contribution < 1.29 is 11.3 Å². The maximum Gasteiger partial charge on any atom is 0.0902 e. The summed E-state index contributed by atoms with van der Waals surface area (Å²) in [5.74, 6) is 0. The molecule has 0 unspecified atom stereocenters. The predicted octanol–water partition coefficient (Wildman–Crippen LogP) is 1.43. The second-order valence-electron chi connectivity index (χ2n) is 3.27. The van der Waals surface area contributed by atoms with Crippen LogP contribution in [0, 0.1) is 0 Å². The van der Waals surface area contributed by atoms with Crippen molar-refractivity contribution in [3.8, 4) is 0 Å². The fourth-order valence-corrected chi connectivity index (χ4v) is 0.250. The molecule has 0 rings (SSSR count). The molecule has 0 aromatic rings. The van der Waals surface area contributed by atoms with Crippen molar-refractivity contribution in [2.24, 2.45) is 0 Å². The zero-order valence-electron chi connectivity index (χ0n) is 6.86. The Balaban J connectivity index is 0. The first-order chi connectivity index (χ1) is 3.81. The van der Waals surface area contributed by atoms with E-state index in [1.54, 1.807) is 21.0 Å². The summed E-state index contributed by atoms with van der Waals surface area (Å²) in [6.45, 7) is 7.17. The van der Waals surface area contributed by atoms with Crippen LogP contribution in [0.3, 0.4) is 0 Å². The first kappa shape index (κ1) is 8.92. The van der Waals surface area contributed by atoms with E-state index in [2.05, 4.69) is 0 Å². The maximum absolute atomic E-state index is 9.42. The largest absolute Gasteiger partial charge is 0.387 e. The molecular formula is C7H18O2. The molecule has 0 fully saturated rings. The fraction of sp³-hybridized carbons (Fsp3) is 1.00. The second kappa shape index (κ2) is 2.27. The summed E-state index contributed by atoms with van der Waals surface area (Å²) in [4.78, 5) is 0. The lowest BCUT2D eigenvalue weighted by atomic mass is 9.90. The Labute approximate surface area is 58.3 Å². The van der Waals surface area contributed by atoms with Gasteiger partial charge in [-0.25, -0.2) is 0 Å². The topological polar surface area (TPSA) is 29.5 Å². The van der Waals surface area contributed by atoms with Crippen molar-refractivity contribution in [2.75, 3.05) is 7.11 Å². The van der Waals surface area contributed by atoms with Crippen molar-refractivity contribution in [3.05, 3.63) is 0 Å². The standard InChI is InChI=1S/C7H16O2.H2/c1-6(2,8)7(3,4)9-5;/h8H,1-5H3;1H. The molecule has 0 aromatic heterocycles. The Morgan fingerprint density at radius 3 is 1.56 bits per heavy atom. The molecule has 0 aliphatic heterocycles. The molecular weight excluding hydrogens is 116 g/mol. The van der Waals surface area contributed by atoms with Crippen LogP contribution in [0.15, 0.2) is 0 Å². The molecule has 0 amide bonds. The van der Waals surface area contributed by atoms with Crippen LogP contribution in [-0.2, 0) is 4.74 Å². The Morgan fingerprint density at radius 2 is 1.56 bits per heavy atom. The van der Waals surface area contributed by atoms with Crippen molar-refractivity contribution in [1.29, 1.82) is 0 Å². The molecule has 0 aliphatic carbocycles. The number of methoxy groups -OCH3 is 1. The molecule has 0 atom stereocenters. The zero-order chi connectivity index (χ0) is 7.71. The Hall–Kier alpha value is -0.0800. The van der Waals surface area contributed by atoms with E-state index in [1.807, 2.05) is 13.8 Å². The van der Waals surface area contributed by atoms with Crippen LogP contribution in [-0.4, -0.2) is 23.4 Å². The average Bonchev–Trinajstić information content (AvgIpc) is 1.64. The van der Waals surface area contributed by atoms with Crippen LogP contribution in [0.25, 0.3) is 0 Å². The first-order valence-corrected chi connectivity index (χ1v) is 3.09. The van der Waals surface area contributed by atoms with Gasteiger partial charge in [0.05, 0.1) is 11.2 Å². The van der Waals surface area contributed by atoms with Gasteiger partial charge >= 0.3 is 0 Å². The summed E-state index contributed by atoms with van der Waals surface area (Å²) >= 11 is 0. The third kappa shape index (κ3) is 1.95. The normalized spacial score (nSPS) is 14.0. The summed E-state index contributed by atoms with van der Waals surface area (Å²) in [5, 5.41) is 9.42. The minimum atomic E-state index is -0.776. The lowest BCUT2D eigenvalue weighted by Crippen LogP contribution is -2.46. The Bertz CT molecular complexity index is 94.3. The van der Waals surface area contributed by atoms with Crippen LogP contribution in [0.2, 0.25) is 0 Å². The van der Waals surface area contributed by atoms with E-state index < -0.39 is 11.2 Å². The average molecular weight is 134 g/mol. The lowest BCUT2D eigenvalue weighted by Gasteiger charge is -2.35. The highest BCUT2D eigenvalue weighted by molar-refractivity contribution is 4.86. The van der Waals surface area contributed by atoms with Gasteiger partial charge in [-0.05, 0) is 27.7 Å². The van der Waals surface area contributed by atoms with Crippen molar-refractivity contribution in [3.63, 3.8) is 0 Å². The molecule has 0 saturated heterocycles. The zero-order valence-corrected chi connectivity index (χ0v) is 6.86. The fourth-order valence-electron chi connectivity index (χ4n) is 0.250. The molecule has 0 bridgehead atoms. The number of hydrogen-bond donors (Lipinski definition) is 1. The smallest absolute Gasteiger partial charge is 0.0902 e. The van der Waals surface area contributed by atoms with E-state index in [0.29, 0.717) is 0 Å². The second-order valence-corrected chi connectivity index (χ2v) is 3.27. The summed E-state index contributed by atoms with van der Waals surface area (Å²) < 4.78 is 5.05. The molecule has 58 valence electrons. The molecule has 2 heteroatoms. The van der Waals surface area contributed by atoms with E-state index in [4.69, 9.17) is 4.74 Å². The molecule has 2 nitrogen and oxygen atoms in total. The van der Waals surface area contributed by atoms with Gasteiger partial charge in [-0.1, -0.05) is 0 Å². The van der Waals surface area contributed by atoms with E-state index in [9.17, 15) is 5.11 Å². The van der Waals surface area contributed by atoms with E-state index in [1.165, 1.54) is 0 Å². The van der Waals surface area contributed by atoms with Gasteiger partial charge in [0, 0.05) is 8.54 Å². The third-order valence-corrected chi connectivity index (χ3v) is 1.98. The molecule has 0 heterocycles. The van der Waals surface area contributed by atoms with Gasteiger partial charge < -0.3 is 9.84 Å². The van der Waals surface area contributed by atoms with Gasteiger partial charge in [-0.15, -0.1) is 0 Å². The van der Waals surface area contributed by atoms with Crippen LogP contribution >= 0.6 is 0 Å². The lowest BCUT2D eigenvalue weighted by molar-refractivity contribution is -0.129. The minimum Gasteiger partial charge on any atom is -0.387 e. The summed E-state index contributed by atoms with van der Waals surface area (Å²) in [6.07, 6.45) is 0. The van der Waals surface area contributed by atoms with Crippen molar-refractivity contribution >= 4 is 0 Å². The molecule has 0 saturated carbocycles. The van der Waals surface area contributed by atoms with Crippen LogP contribution in [0.5, 0.6) is 0 Å². The quantitative estimate of drug-likeness (QED) is 0.619. The first-order valence-electron chi connectivity index (χ1n) is 3.09. The van der Waals surface area contributed by atoms with Crippen molar-refractivity contribution in [1.82, 2.24) is 0 Å². The van der Waals surface area contributed by atoms with Gasteiger partial charge in [0.2, 0.25) is 0 Å². The SMILES string of the molecule is COC(C)(C)C(C)(C)O.[HH]. The molecule has 0 spiro atoms. The molecule has 9 heavy (non-hydrogen) atoms. The Kier molecular flexibility index (Phi) is 2.25. The number of ether oxygens (including phenoxy) is 1. The maximum atomic E-state index is 9.42. The van der Waals surface area contributed by atoms with E-state index in [0.717, 1.165) is 0 Å². The van der Waals surface area contributed by atoms with Gasteiger partial charge in [-0.2, -0.15) is 0 Å². The van der Waals surface area contributed by atoms with Gasteiger partial charge in [0.1, 0.15) is 0 Å². The molecule has 1 N–H and O–H groups in total. The number of hydrogen-bond acceptors (Lipinski definition) is 2. The van der Waals surface area contributed by atoms with Gasteiger partial charge in [0.15, 0.2) is 0 Å². The summed E-state index contributed by atoms with van der Waals surface area (Å²) in [7, 11) is 1.60. The van der Waals surface area contributed by atoms with Crippen molar-refractivity contribution in [2.45, 2.75) is 38.9 Å². The van der Waals surface area contributed by atoms with Gasteiger partial charge in [0.25, 0.3) is 0 Å². The number of aliphatic hydroxyl groups is 1. The van der Waals surface area contributed by atoms with Crippen LogP contribution < -0.4 is 0 Å². The van der Waals surface area contributed by atoms with Crippen LogP contribution in [0.4, 0.5) is 0 Å². The third-order valence-electron chi connectivity index (χ3n) is 1.98. The molecule has 0 radical (unpaired) electrons. The summed E-state index contributed by atoms with van der Waals surface area (Å²) in [6, 6.07) is 0. The van der Waals surface area contributed by atoms with E-state index in [-0.39, 0.29) is 1.43 Å². The minimum absolute atomic E-state index is 0. The van der Waals surface area contributed by atoms with Crippen LogP contribution in [0.1, 0.15) is 29.1 Å². The number of rotatable bonds is 2. The predicted molar refractivity (Wildman–Crippen MR) is 39.5 cm³/mol. The monoisotopic (exact) mass is 134 g/mol.